The molecule has 46 heavy (non-hydrogen) atoms. The van der Waals surface area contributed by atoms with Crippen LogP contribution < -0.4 is 4.74 Å². The Morgan fingerprint density at radius 1 is 0.609 bits per heavy atom. The summed E-state index contributed by atoms with van der Waals surface area (Å²) in [5.41, 5.74) is 6.82. The van der Waals surface area contributed by atoms with Crippen LogP contribution in [0.4, 0.5) is 0 Å². The number of hydrogen-bond donors (Lipinski definition) is 0. The maximum Gasteiger partial charge on any atom is 0.338 e. The molecule has 0 saturated carbocycles. The average Bonchev–Trinajstić information content (AvgIpc) is 3.09. The number of benzene rings is 4. The zero-order valence-electron chi connectivity index (χ0n) is 27.4. The molecule has 1 unspecified atom stereocenters. The first kappa shape index (κ1) is 34.5. The third kappa shape index (κ3) is 11.8. The molecule has 4 aromatic carbocycles. The number of para-hydroxylation sites is 1. The molecular formula is C41H48O5. The first-order chi connectivity index (χ1) is 22.5. The second-order valence-corrected chi connectivity index (χ2v) is 11.8. The second-order valence-electron chi connectivity index (χ2n) is 11.8. The van der Waals surface area contributed by atoms with Gasteiger partial charge in [0, 0.05) is 6.42 Å². The number of carbonyl (C=O) groups excluding carboxylic acids is 2. The van der Waals surface area contributed by atoms with Gasteiger partial charge in [0.1, 0.15) is 12.4 Å². The van der Waals surface area contributed by atoms with Gasteiger partial charge in [0.2, 0.25) is 0 Å². The maximum atomic E-state index is 12.1. The van der Waals surface area contributed by atoms with Gasteiger partial charge in [-0.25, -0.2) is 4.79 Å². The topological polar surface area (TPSA) is 61.8 Å². The van der Waals surface area contributed by atoms with E-state index in [0.29, 0.717) is 37.7 Å². The minimum Gasteiger partial charge on any atom is -0.489 e. The number of ether oxygens (including phenoxy) is 3. The summed E-state index contributed by atoms with van der Waals surface area (Å²) < 4.78 is 16.6. The number of carbonyl (C=O) groups is 2. The van der Waals surface area contributed by atoms with Gasteiger partial charge < -0.3 is 14.2 Å². The van der Waals surface area contributed by atoms with E-state index in [0.717, 1.165) is 62.7 Å². The summed E-state index contributed by atoms with van der Waals surface area (Å²) in [4.78, 5) is 24.0. The molecule has 0 heterocycles. The van der Waals surface area contributed by atoms with Crippen molar-refractivity contribution in [3.05, 3.63) is 137 Å². The highest BCUT2D eigenvalue weighted by Crippen LogP contribution is 2.27. The van der Waals surface area contributed by atoms with Gasteiger partial charge in [0.15, 0.2) is 0 Å². The van der Waals surface area contributed by atoms with E-state index >= 15 is 0 Å². The molecule has 5 heteroatoms. The second kappa shape index (κ2) is 19.2. The normalized spacial score (nSPS) is 11.5. The molecule has 0 fully saturated rings. The van der Waals surface area contributed by atoms with Crippen molar-refractivity contribution in [1.82, 2.24) is 0 Å². The fourth-order valence-corrected chi connectivity index (χ4v) is 5.72. The van der Waals surface area contributed by atoms with Gasteiger partial charge in [-0.2, -0.15) is 0 Å². The molecule has 0 radical (unpaired) electrons. The minimum absolute atomic E-state index is 0.124. The van der Waals surface area contributed by atoms with Crippen molar-refractivity contribution in [2.45, 2.75) is 78.2 Å². The molecule has 0 aliphatic carbocycles. The summed E-state index contributed by atoms with van der Waals surface area (Å²) >= 11 is 0. The van der Waals surface area contributed by atoms with Crippen LogP contribution in [0, 0.1) is 5.92 Å². The van der Waals surface area contributed by atoms with Gasteiger partial charge in [-0.15, -0.1) is 0 Å². The van der Waals surface area contributed by atoms with E-state index < -0.39 is 0 Å². The van der Waals surface area contributed by atoms with E-state index in [1.807, 2.05) is 44.2 Å². The van der Waals surface area contributed by atoms with E-state index in [4.69, 9.17) is 14.2 Å². The standard InChI is InChI=1S/C41H48O5/c1-3-44-40(42)17-11-8-14-34(30-35-25-28-38(29-26-35)41(43)45-4-2)24-27-37-15-9-10-16-39(37)46-31-36-22-20-33(21-23-36)19-18-32-12-6-5-7-13-32/h5-7,9-10,12-13,15-16,20-23,25-26,28-29,34H,3-4,8,11,14,17-19,24,27,30-31H2,1-2H3. The Bertz CT molecular complexity index is 1460. The zero-order chi connectivity index (χ0) is 32.4. The monoisotopic (exact) mass is 620 g/mol. The lowest BCUT2D eigenvalue weighted by molar-refractivity contribution is -0.143. The number of esters is 2. The minimum atomic E-state index is -0.292. The SMILES string of the molecule is CCOC(=O)CCCCC(CCc1ccccc1OCc1ccc(CCc2ccccc2)cc1)Cc1ccc(C(=O)OCC)cc1. The van der Waals surface area contributed by atoms with Crippen molar-refractivity contribution in [3.63, 3.8) is 0 Å². The van der Waals surface area contributed by atoms with Gasteiger partial charge in [-0.1, -0.05) is 97.8 Å². The van der Waals surface area contributed by atoms with Crippen molar-refractivity contribution in [1.29, 1.82) is 0 Å². The Hall–Kier alpha value is -4.38. The lowest BCUT2D eigenvalue weighted by Crippen LogP contribution is -2.09. The Kier molecular flexibility index (Phi) is 14.4. The van der Waals surface area contributed by atoms with Gasteiger partial charge in [-0.05, 0) is 104 Å². The molecule has 0 saturated heterocycles. The molecule has 0 bridgehead atoms. The van der Waals surface area contributed by atoms with E-state index in [9.17, 15) is 9.59 Å². The highest BCUT2D eigenvalue weighted by Gasteiger charge is 2.14. The van der Waals surface area contributed by atoms with Gasteiger partial charge in [-0.3, -0.25) is 4.79 Å². The predicted octanol–water partition coefficient (Wildman–Crippen LogP) is 9.14. The third-order valence-electron chi connectivity index (χ3n) is 8.30. The fraction of sp³-hybridized carbons (Fsp3) is 0.366. The molecular weight excluding hydrogens is 572 g/mol. The van der Waals surface area contributed by atoms with Crippen molar-refractivity contribution in [2.75, 3.05) is 13.2 Å². The van der Waals surface area contributed by atoms with E-state index in [-0.39, 0.29) is 11.9 Å². The lowest BCUT2D eigenvalue weighted by Gasteiger charge is -2.19. The molecule has 4 rings (SSSR count). The lowest BCUT2D eigenvalue weighted by atomic mass is 9.88. The molecule has 0 aliphatic heterocycles. The van der Waals surface area contributed by atoms with E-state index in [2.05, 4.69) is 72.8 Å². The van der Waals surface area contributed by atoms with Crippen molar-refractivity contribution in [3.8, 4) is 5.75 Å². The van der Waals surface area contributed by atoms with Gasteiger partial charge >= 0.3 is 11.9 Å². The summed E-state index contributed by atoms with van der Waals surface area (Å²) in [5.74, 6) is 0.935. The molecule has 0 aromatic heterocycles. The largest absolute Gasteiger partial charge is 0.489 e. The average molecular weight is 621 g/mol. The molecule has 0 spiro atoms. The molecule has 5 nitrogen and oxygen atoms in total. The molecule has 4 aromatic rings. The third-order valence-corrected chi connectivity index (χ3v) is 8.30. The van der Waals surface area contributed by atoms with E-state index in [1.165, 1.54) is 22.3 Å². The summed E-state index contributed by atoms with van der Waals surface area (Å²) in [6.45, 7) is 4.96. The quantitative estimate of drug-likeness (QED) is 0.0773. The fourth-order valence-electron chi connectivity index (χ4n) is 5.72. The summed E-state index contributed by atoms with van der Waals surface area (Å²) in [7, 11) is 0. The highest BCUT2D eigenvalue weighted by molar-refractivity contribution is 5.89. The smallest absolute Gasteiger partial charge is 0.338 e. The van der Waals surface area contributed by atoms with E-state index in [1.54, 1.807) is 0 Å². The van der Waals surface area contributed by atoms with Crippen LogP contribution in [-0.2, 0) is 46.6 Å². The predicted molar refractivity (Wildman–Crippen MR) is 184 cm³/mol. The Balaban J connectivity index is 1.33. The maximum absolute atomic E-state index is 12.1. The van der Waals surface area contributed by atoms with Crippen LogP contribution in [0.1, 0.15) is 84.1 Å². The molecule has 242 valence electrons. The zero-order valence-corrected chi connectivity index (χ0v) is 27.4. The first-order valence-corrected chi connectivity index (χ1v) is 16.8. The van der Waals surface area contributed by atoms with Crippen LogP contribution in [0.25, 0.3) is 0 Å². The molecule has 0 aliphatic rings. The highest BCUT2D eigenvalue weighted by atomic mass is 16.5. The number of unbranched alkanes of at least 4 members (excludes halogenated alkanes) is 1. The van der Waals surface area contributed by atoms with Gasteiger partial charge in [0.05, 0.1) is 18.8 Å². The summed E-state index contributed by atoms with van der Waals surface area (Å²) in [6.07, 6.45) is 8.11. The van der Waals surface area contributed by atoms with Crippen LogP contribution in [0.2, 0.25) is 0 Å². The molecule has 0 amide bonds. The number of rotatable bonds is 19. The molecule has 0 N–H and O–H groups in total. The number of hydrogen-bond acceptors (Lipinski definition) is 5. The Morgan fingerprint density at radius 3 is 1.96 bits per heavy atom. The Morgan fingerprint density at radius 2 is 1.24 bits per heavy atom. The molecule has 1 atom stereocenters. The van der Waals surface area contributed by atoms with Crippen LogP contribution in [0.5, 0.6) is 5.75 Å². The van der Waals surface area contributed by atoms with Gasteiger partial charge in [0.25, 0.3) is 0 Å². The van der Waals surface area contributed by atoms with Crippen LogP contribution in [-0.4, -0.2) is 25.2 Å². The summed E-state index contributed by atoms with van der Waals surface area (Å²) in [6, 6.07) is 35.4. The van der Waals surface area contributed by atoms with Crippen molar-refractivity contribution in [2.24, 2.45) is 5.92 Å². The first-order valence-electron chi connectivity index (χ1n) is 16.8. The van der Waals surface area contributed by atoms with Crippen molar-refractivity contribution < 1.29 is 23.8 Å². The number of aryl methyl sites for hydroxylation is 3. The van der Waals surface area contributed by atoms with Crippen LogP contribution >= 0.6 is 0 Å². The van der Waals surface area contributed by atoms with Crippen molar-refractivity contribution >= 4 is 11.9 Å². The Labute approximate surface area is 274 Å². The summed E-state index contributed by atoms with van der Waals surface area (Å²) in [5, 5.41) is 0. The van der Waals surface area contributed by atoms with Crippen LogP contribution in [0.15, 0.2) is 103 Å². The van der Waals surface area contributed by atoms with Crippen LogP contribution in [0.3, 0.4) is 0 Å².